The Morgan fingerprint density at radius 1 is 1.16 bits per heavy atom. The maximum absolute atomic E-state index is 8.82. The number of hydrogen-bond donors (Lipinski definition) is 1. The molecule has 0 aromatic carbocycles. The van der Waals surface area contributed by atoms with E-state index in [0.29, 0.717) is 44.7 Å². The fourth-order valence-electron chi connectivity index (χ4n) is 1.19. The lowest BCUT2D eigenvalue weighted by atomic mass is 10.7. The molecule has 19 heavy (non-hydrogen) atoms. The number of aromatic nitrogens is 4. The quantitative estimate of drug-likeness (QED) is 0.405. The summed E-state index contributed by atoms with van der Waals surface area (Å²) in [5, 5.41) is 20.7. The minimum Gasteiger partial charge on any atom is -0.394 e. The minimum absolute atomic E-state index is 0.0217. The molecule has 8 nitrogen and oxygen atoms in total. The van der Waals surface area contributed by atoms with Gasteiger partial charge in [0.2, 0.25) is 5.16 Å². The van der Waals surface area contributed by atoms with Gasteiger partial charge in [0, 0.05) is 12.9 Å². The molecule has 110 valence electrons. The van der Waals surface area contributed by atoms with Gasteiger partial charge in [-0.25, -0.2) is 4.68 Å². The standard InChI is InChI=1S/C10H20N4O4S/c1-16-4-5-17-6-7-18-8-9-19-10-11-12-13-14(10)2-3-15/h15H,2-9H2,1H3. The molecule has 0 atom stereocenters. The second kappa shape index (κ2) is 11.1. The zero-order valence-electron chi connectivity index (χ0n) is 11.0. The number of nitrogens with zero attached hydrogens (tertiary/aromatic N) is 4. The van der Waals surface area contributed by atoms with E-state index in [0.717, 1.165) is 5.75 Å². The van der Waals surface area contributed by atoms with Crippen LogP contribution in [-0.2, 0) is 20.8 Å². The molecular formula is C10H20N4O4S. The van der Waals surface area contributed by atoms with E-state index < -0.39 is 0 Å². The highest BCUT2D eigenvalue weighted by Gasteiger charge is 2.05. The number of aliphatic hydroxyl groups excluding tert-OH is 1. The van der Waals surface area contributed by atoms with Gasteiger partial charge < -0.3 is 19.3 Å². The second-order valence-electron chi connectivity index (χ2n) is 3.47. The highest BCUT2D eigenvalue weighted by molar-refractivity contribution is 7.99. The van der Waals surface area contributed by atoms with Gasteiger partial charge in [-0.2, -0.15) is 0 Å². The second-order valence-corrected chi connectivity index (χ2v) is 4.54. The molecule has 1 rings (SSSR count). The van der Waals surface area contributed by atoms with Gasteiger partial charge in [0.1, 0.15) is 0 Å². The maximum Gasteiger partial charge on any atom is 0.209 e. The van der Waals surface area contributed by atoms with Crippen molar-refractivity contribution in [3.8, 4) is 0 Å². The van der Waals surface area contributed by atoms with E-state index >= 15 is 0 Å². The summed E-state index contributed by atoms with van der Waals surface area (Å²) in [5.74, 6) is 0.754. The number of ether oxygens (including phenoxy) is 3. The van der Waals surface area contributed by atoms with Crippen LogP contribution in [0.25, 0.3) is 0 Å². The predicted octanol–water partition coefficient (Wildman–Crippen LogP) is -0.563. The van der Waals surface area contributed by atoms with E-state index in [4.69, 9.17) is 19.3 Å². The van der Waals surface area contributed by atoms with E-state index in [-0.39, 0.29) is 6.61 Å². The van der Waals surface area contributed by atoms with E-state index in [1.165, 1.54) is 11.8 Å². The zero-order chi connectivity index (χ0) is 13.8. The van der Waals surface area contributed by atoms with Crippen LogP contribution in [0.3, 0.4) is 0 Å². The molecule has 0 saturated carbocycles. The predicted molar refractivity (Wildman–Crippen MR) is 69.1 cm³/mol. The first-order valence-electron chi connectivity index (χ1n) is 6.02. The Kier molecular flexibility index (Phi) is 9.55. The van der Waals surface area contributed by atoms with Crippen LogP contribution >= 0.6 is 11.8 Å². The number of thioether (sulfide) groups is 1. The van der Waals surface area contributed by atoms with Gasteiger partial charge in [0.25, 0.3) is 0 Å². The summed E-state index contributed by atoms with van der Waals surface area (Å²) >= 11 is 1.50. The van der Waals surface area contributed by atoms with Crippen LogP contribution in [0.15, 0.2) is 5.16 Å². The summed E-state index contributed by atoms with van der Waals surface area (Å²) in [6, 6.07) is 0. The third kappa shape index (κ3) is 7.43. The van der Waals surface area contributed by atoms with Gasteiger partial charge in [-0.3, -0.25) is 0 Å². The van der Waals surface area contributed by atoms with Crippen molar-refractivity contribution in [3.05, 3.63) is 0 Å². The minimum atomic E-state index is 0.0217. The van der Waals surface area contributed by atoms with E-state index in [1.807, 2.05) is 0 Å². The topological polar surface area (TPSA) is 91.5 Å². The first-order chi connectivity index (χ1) is 9.38. The molecule has 0 aliphatic heterocycles. The molecule has 1 heterocycles. The lowest BCUT2D eigenvalue weighted by Crippen LogP contribution is -2.10. The number of tetrazole rings is 1. The number of rotatable bonds is 12. The third-order valence-corrected chi connectivity index (χ3v) is 2.99. The van der Waals surface area contributed by atoms with E-state index in [9.17, 15) is 0 Å². The van der Waals surface area contributed by atoms with Crippen LogP contribution in [0.1, 0.15) is 0 Å². The van der Waals surface area contributed by atoms with Crippen LogP contribution < -0.4 is 0 Å². The first kappa shape index (κ1) is 16.3. The van der Waals surface area contributed by atoms with Crippen molar-refractivity contribution in [1.29, 1.82) is 0 Å². The van der Waals surface area contributed by atoms with Crippen LogP contribution in [0.2, 0.25) is 0 Å². The van der Waals surface area contributed by atoms with Crippen molar-refractivity contribution in [2.24, 2.45) is 0 Å². The average molecular weight is 292 g/mol. The van der Waals surface area contributed by atoms with Gasteiger partial charge in [0.05, 0.1) is 46.2 Å². The molecule has 0 unspecified atom stereocenters. The summed E-state index contributed by atoms with van der Waals surface area (Å²) < 4.78 is 17.1. The monoisotopic (exact) mass is 292 g/mol. The zero-order valence-corrected chi connectivity index (χ0v) is 11.8. The highest BCUT2D eigenvalue weighted by Crippen LogP contribution is 2.12. The molecule has 0 bridgehead atoms. The number of hydrogen-bond acceptors (Lipinski definition) is 8. The Bertz CT molecular complexity index is 326. The van der Waals surface area contributed by atoms with Crippen molar-refractivity contribution in [2.45, 2.75) is 11.7 Å². The molecule has 1 aromatic rings. The van der Waals surface area contributed by atoms with Crippen LogP contribution in [0, 0.1) is 0 Å². The fourth-order valence-corrected chi connectivity index (χ4v) is 1.95. The van der Waals surface area contributed by atoms with E-state index in [1.54, 1.807) is 11.8 Å². The largest absolute Gasteiger partial charge is 0.394 e. The molecule has 0 aliphatic rings. The number of aliphatic hydroxyl groups is 1. The van der Waals surface area contributed by atoms with E-state index in [2.05, 4.69) is 15.5 Å². The van der Waals surface area contributed by atoms with Crippen molar-refractivity contribution < 1.29 is 19.3 Å². The molecule has 0 saturated heterocycles. The van der Waals surface area contributed by atoms with Crippen LogP contribution in [0.5, 0.6) is 0 Å². The summed E-state index contributed by atoms with van der Waals surface area (Å²) in [5.41, 5.74) is 0. The normalized spacial score (nSPS) is 11.1. The lowest BCUT2D eigenvalue weighted by Gasteiger charge is -2.05. The molecule has 0 fully saturated rings. The number of methoxy groups -OCH3 is 1. The van der Waals surface area contributed by atoms with Gasteiger partial charge in [-0.1, -0.05) is 11.8 Å². The Morgan fingerprint density at radius 2 is 1.89 bits per heavy atom. The van der Waals surface area contributed by atoms with Crippen molar-refractivity contribution >= 4 is 11.8 Å². The Balaban J connectivity index is 1.97. The third-order valence-electron chi connectivity index (χ3n) is 2.07. The average Bonchev–Trinajstić information content (AvgIpc) is 2.85. The molecule has 1 N–H and O–H groups in total. The molecule has 0 aliphatic carbocycles. The molecule has 0 spiro atoms. The Hall–Kier alpha value is -0.740. The van der Waals surface area contributed by atoms with Crippen molar-refractivity contribution in [1.82, 2.24) is 20.2 Å². The summed E-state index contributed by atoms with van der Waals surface area (Å²) in [7, 11) is 1.64. The summed E-state index contributed by atoms with van der Waals surface area (Å²) in [6.45, 7) is 3.35. The van der Waals surface area contributed by atoms with Gasteiger partial charge in [-0.15, -0.1) is 5.10 Å². The first-order valence-corrected chi connectivity index (χ1v) is 7.01. The Labute approximate surface area is 116 Å². The van der Waals surface area contributed by atoms with Gasteiger partial charge in [-0.05, 0) is 10.4 Å². The fraction of sp³-hybridized carbons (Fsp3) is 0.900. The molecule has 0 amide bonds. The summed E-state index contributed by atoms with van der Waals surface area (Å²) in [4.78, 5) is 0. The van der Waals surface area contributed by atoms with Crippen LogP contribution in [-0.4, -0.2) is 77.8 Å². The van der Waals surface area contributed by atoms with Gasteiger partial charge >= 0.3 is 0 Å². The molecule has 9 heteroatoms. The summed E-state index contributed by atoms with van der Waals surface area (Å²) in [6.07, 6.45) is 0. The van der Waals surface area contributed by atoms with Crippen LogP contribution in [0.4, 0.5) is 0 Å². The maximum atomic E-state index is 8.82. The molecular weight excluding hydrogens is 272 g/mol. The lowest BCUT2D eigenvalue weighted by molar-refractivity contribution is 0.0286. The molecule has 1 aromatic heterocycles. The van der Waals surface area contributed by atoms with Gasteiger partial charge in [0.15, 0.2) is 0 Å². The Morgan fingerprint density at radius 3 is 2.63 bits per heavy atom. The highest BCUT2D eigenvalue weighted by atomic mass is 32.2. The SMILES string of the molecule is COCCOCCOCCSc1nnnn1CCO. The van der Waals surface area contributed by atoms with Crippen molar-refractivity contribution in [2.75, 3.05) is 52.5 Å². The molecule has 0 radical (unpaired) electrons. The smallest absolute Gasteiger partial charge is 0.209 e. The van der Waals surface area contributed by atoms with Crippen molar-refractivity contribution in [3.63, 3.8) is 0 Å².